The summed E-state index contributed by atoms with van der Waals surface area (Å²) in [5.41, 5.74) is 4.31. The maximum Gasteiger partial charge on any atom is 0.339 e. The molecule has 0 bridgehead atoms. The number of nitrogens with one attached hydrogen (secondary N) is 1. The Balaban J connectivity index is 0.00000441. The minimum atomic E-state index is -4.54. The van der Waals surface area contributed by atoms with Crippen LogP contribution >= 0.6 is 12.4 Å². The summed E-state index contributed by atoms with van der Waals surface area (Å²) in [4.78, 5) is 10.7. The Kier molecular flexibility index (Phi) is 7.29. The SMILES string of the molecule is COC(=O)c1ccc(F)cc1S(=O)(=O)NCC(F)(F)CN.Cl. The van der Waals surface area contributed by atoms with E-state index in [9.17, 15) is 26.4 Å². The van der Waals surface area contributed by atoms with Crippen LogP contribution < -0.4 is 10.5 Å². The minimum Gasteiger partial charge on any atom is -0.465 e. The zero-order valence-electron chi connectivity index (χ0n) is 11.3. The van der Waals surface area contributed by atoms with Crippen LogP contribution in [0.25, 0.3) is 0 Å². The molecule has 11 heteroatoms. The van der Waals surface area contributed by atoms with Crippen LogP contribution in [0.3, 0.4) is 0 Å². The molecule has 3 N–H and O–H groups in total. The van der Waals surface area contributed by atoms with Gasteiger partial charge in [-0.2, -0.15) is 0 Å². The zero-order valence-corrected chi connectivity index (χ0v) is 12.9. The number of methoxy groups -OCH3 is 1. The molecule has 6 nitrogen and oxygen atoms in total. The van der Waals surface area contributed by atoms with Gasteiger partial charge in [-0.25, -0.2) is 31.1 Å². The molecule has 0 aliphatic rings. The highest BCUT2D eigenvalue weighted by atomic mass is 35.5. The largest absolute Gasteiger partial charge is 0.465 e. The lowest BCUT2D eigenvalue weighted by Crippen LogP contribution is -2.41. The average molecular weight is 363 g/mol. The van der Waals surface area contributed by atoms with Crippen LogP contribution in [0.4, 0.5) is 13.2 Å². The van der Waals surface area contributed by atoms with Crippen LogP contribution in [0, 0.1) is 5.82 Å². The Morgan fingerprint density at radius 1 is 1.41 bits per heavy atom. The third kappa shape index (κ3) is 5.13. The standard InChI is InChI=1S/C11H13F3N2O4S.ClH/c1-20-10(17)8-3-2-7(12)4-9(8)21(18,19)16-6-11(13,14)5-15;/h2-4,16H,5-6,15H2,1H3;1H. The summed E-state index contributed by atoms with van der Waals surface area (Å²) in [5.74, 6) is -5.46. The molecule has 0 atom stereocenters. The number of ether oxygens (including phenoxy) is 1. The fourth-order valence-corrected chi connectivity index (χ4v) is 2.61. The molecule has 1 aromatic carbocycles. The molecule has 0 saturated carbocycles. The van der Waals surface area contributed by atoms with Crippen LogP contribution in [-0.4, -0.2) is 40.5 Å². The van der Waals surface area contributed by atoms with Crippen molar-refractivity contribution in [2.75, 3.05) is 20.2 Å². The lowest BCUT2D eigenvalue weighted by molar-refractivity contribution is 0.0170. The quantitative estimate of drug-likeness (QED) is 0.733. The van der Waals surface area contributed by atoms with Crippen molar-refractivity contribution < 1.29 is 31.1 Å². The number of benzene rings is 1. The molecule has 0 saturated heterocycles. The zero-order chi connectivity index (χ0) is 16.3. The fourth-order valence-electron chi connectivity index (χ4n) is 1.35. The molecule has 0 heterocycles. The Morgan fingerprint density at radius 3 is 2.50 bits per heavy atom. The molecule has 0 aromatic heterocycles. The van der Waals surface area contributed by atoms with E-state index in [0.29, 0.717) is 6.07 Å². The van der Waals surface area contributed by atoms with Gasteiger partial charge in [0.2, 0.25) is 10.0 Å². The third-order valence-corrected chi connectivity index (χ3v) is 3.90. The molecule has 0 amide bonds. The van der Waals surface area contributed by atoms with Gasteiger partial charge in [0, 0.05) is 0 Å². The number of nitrogens with two attached hydrogens (primary N) is 1. The summed E-state index contributed by atoms with van der Waals surface area (Å²) >= 11 is 0. The predicted octanol–water partition coefficient (Wildman–Crippen LogP) is 0.906. The van der Waals surface area contributed by atoms with Gasteiger partial charge in [-0.05, 0) is 18.2 Å². The highest BCUT2D eigenvalue weighted by Crippen LogP contribution is 2.19. The van der Waals surface area contributed by atoms with Gasteiger partial charge in [-0.1, -0.05) is 0 Å². The molecule has 0 spiro atoms. The molecular formula is C11H14ClF3N2O4S. The summed E-state index contributed by atoms with van der Waals surface area (Å²) in [5, 5.41) is 0. The lowest BCUT2D eigenvalue weighted by atomic mass is 10.2. The highest BCUT2D eigenvalue weighted by molar-refractivity contribution is 7.89. The van der Waals surface area contributed by atoms with Crippen molar-refractivity contribution in [1.82, 2.24) is 4.72 Å². The Labute approximate surface area is 131 Å². The highest BCUT2D eigenvalue weighted by Gasteiger charge is 2.31. The van der Waals surface area contributed by atoms with Gasteiger partial charge in [0.15, 0.2) is 0 Å². The van der Waals surface area contributed by atoms with E-state index < -0.39 is 51.3 Å². The Bertz CT molecular complexity index is 640. The van der Waals surface area contributed by atoms with E-state index in [0.717, 1.165) is 19.2 Å². The van der Waals surface area contributed by atoms with Crippen LogP contribution in [-0.2, 0) is 14.8 Å². The van der Waals surface area contributed by atoms with Gasteiger partial charge in [-0.3, -0.25) is 0 Å². The molecule has 0 aliphatic carbocycles. The van der Waals surface area contributed by atoms with Crippen LogP contribution in [0.1, 0.15) is 10.4 Å². The van der Waals surface area contributed by atoms with Crippen molar-refractivity contribution in [3.63, 3.8) is 0 Å². The van der Waals surface area contributed by atoms with Gasteiger partial charge in [-0.15, -0.1) is 12.4 Å². The second kappa shape index (κ2) is 7.77. The molecule has 126 valence electrons. The molecule has 0 fully saturated rings. The fraction of sp³-hybridized carbons (Fsp3) is 0.364. The number of alkyl halides is 2. The van der Waals surface area contributed by atoms with Crippen molar-refractivity contribution in [2.24, 2.45) is 5.73 Å². The van der Waals surface area contributed by atoms with E-state index in [-0.39, 0.29) is 12.4 Å². The summed E-state index contributed by atoms with van der Waals surface area (Å²) in [7, 11) is -3.54. The maximum atomic E-state index is 13.2. The number of sulfonamides is 1. The van der Waals surface area contributed by atoms with Crippen LogP contribution in [0.2, 0.25) is 0 Å². The summed E-state index contributed by atoms with van der Waals surface area (Å²) in [6.45, 7) is -2.34. The summed E-state index contributed by atoms with van der Waals surface area (Å²) in [6.07, 6.45) is 0. The van der Waals surface area contributed by atoms with Crippen LogP contribution in [0.5, 0.6) is 0 Å². The van der Waals surface area contributed by atoms with E-state index in [1.54, 1.807) is 4.72 Å². The van der Waals surface area contributed by atoms with Crippen molar-refractivity contribution in [3.8, 4) is 0 Å². The monoisotopic (exact) mass is 362 g/mol. The molecule has 1 rings (SSSR count). The second-order valence-electron chi connectivity index (χ2n) is 4.02. The topological polar surface area (TPSA) is 98.5 Å². The van der Waals surface area contributed by atoms with Crippen molar-refractivity contribution >= 4 is 28.4 Å². The summed E-state index contributed by atoms with van der Waals surface area (Å²) < 4.78 is 68.9. The van der Waals surface area contributed by atoms with E-state index >= 15 is 0 Å². The van der Waals surface area contributed by atoms with E-state index in [4.69, 9.17) is 5.73 Å². The number of carbonyl (C=O) groups excluding carboxylic acids is 1. The van der Waals surface area contributed by atoms with Gasteiger partial charge >= 0.3 is 5.97 Å². The smallest absolute Gasteiger partial charge is 0.339 e. The molecule has 0 aliphatic heterocycles. The van der Waals surface area contributed by atoms with Gasteiger partial charge in [0.25, 0.3) is 5.92 Å². The van der Waals surface area contributed by atoms with E-state index in [1.807, 2.05) is 0 Å². The van der Waals surface area contributed by atoms with Gasteiger partial charge in [0.05, 0.1) is 30.7 Å². The van der Waals surface area contributed by atoms with Crippen LogP contribution in [0.15, 0.2) is 23.1 Å². The lowest BCUT2D eigenvalue weighted by Gasteiger charge is -2.15. The van der Waals surface area contributed by atoms with Crippen molar-refractivity contribution in [3.05, 3.63) is 29.6 Å². The van der Waals surface area contributed by atoms with E-state index in [1.165, 1.54) is 0 Å². The number of hydrogen-bond acceptors (Lipinski definition) is 5. The van der Waals surface area contributed by atoms with Gasteiger partial charge in [0.1, 0.15) is 5.82 Å². The van der Waals surface area contributed by atoms with E-state index in [2.05, 4.69) is 4.74 Å². The maximum absolute atomic E-state index is 13.2. The summed E-state index contributed by atoms with van der Waals surface area (Å²) in [6, 6.07) is 2.27. The number of rotatable bonds is 6. The second-order valence-corrected chi connectivity index (χ2v) is 5.75. The first-order valence-electron chi connectivity index (χ1n) is 5.58. The molecule has 0 radical (unpaired) electrons. The van der Waals surface area contributed by atoms with Gasteiger partial charge < -0.3 is 10.5 Å². The Hall–Kier alpha value is -1.36. The first-order chi connectivity index (χ1) is 9.63. The molecule has 1 aromatic rings. The number of esters is 1. The number of halogens is 4. The van der Waals surface area contributed by atoms with Crippen molar-refractivity contribution in [1.29, 1.82) is 0 Å². The minimum absolute atomic E-state index is 0. The molecule has 22 heavy (non-hydrogen) atoms. The predicted molar refractivity (Wildman–Crippen MR) is 74.2 cm³/mol. The average Bonchev–Trinajstić information content (AvgIpc) is 2.44. The first-order valence-corrected chi connectivity index (χ1v) is 7.07. The first kappa shape index (κ1) is 20.6. The Morgan fingerprint density at radius 2 is 2.00 bits per heavy atom. The molecule has 0 unspecified atom stereocenters. The molecular weight excluding hydrogens is 349 g/mol. The number of carbonyl (C=O) groups is 1. The normalized spacial score (nSPS) is 11.7. The number of hydrogen-bond donors (Lipinski definition) is 2. The third-order valence-electron chi connectivity index (χ3n) is 2.46. The van der Waals surface area contributed by atoms with Crippen molar-refractivity contribution in [2.45, 2.75) is 10.8 Å².